The molecule has 0 radical (unpaired) electrons. The summed E-state index contributed by atoms with van der Waals surface area (Å²) in [5, 5.41) is 29.9. The second kappa shape index (κ2) is 7.99. The Hall–Kier alpha value is -3.28. The van der Waals surface area contributed by atoms with E-state index in [0.29, 0.717) is 5.56 Å². The number of rotatable bonds is 7. The first kappa shape index (κ1) is 20.5. The van der Waals surface area contributed by atoms with E-state index in [-0.39, 0.29) is 11.2 Å². The molecular formula is C18H17BNO9-. The third-order valence-electron chi connectivity index (χ3n) is 4.55. The Balaban J connectivity index is 2.07. The van der Waals surface area contributed by atoms with E-state index in [0.717, 1.165) is 6.07 Å². The van der Waals surface area contributed by atoms with Gasteiger partial charge in [0.1, 0.15) is 12.2 Å². The normalized spacial score (nSPS) is 21.4. The first-order valence-electron chi connectivity index (χ1n) is 8.66. The van der Waals surface area contributed by atoms with Crippen LogP contribution in [0.4, 0.5) is 5.69 Å². The van der Waals surface area contributed by atoms with Crippen molar-refractivity contribution in [1.82, 2.24) is 0 Å². The molecule has 0 amide bonds. The van der Waals surface area contributed by atoms with Gasteiger partial charge in [-0.3, -0.25) is 10.1 Å². The summed E-state index contributed by atoms with van der Waals surface area (Å²) in [6.07, 6.45) is -4.40. The first-order chi connectivity index (χ1) is 13.7. The molecule has 0 unspecified atom stereocenters. The van der Waals surface area contributed by atoms with Gasteiger partial charge in [-0.1, -0.05) is 42.5 Å². The van der Waals surface area contributed by atoms with Crippen molar-refractivity contribution in [3.8, 4) is 0 Å². The summed E-state index contributed by atoms with van der Waals surface area (Å²) >= 11 is 0. The van der Waals surface area contributed by atoms with E-state index in [4.69, 9.17) is 14.0 Å². The molecule has 10 nitrogen and oxygen atoms in total. The number of carboxylic acids is 2. The second-order valence-corrected chi connectivity index (χ2v) is 6.47. The van der Waals surface area contributed by atoms with Crippen LogP contribution in [-0.2, 0) is 23.6 Å². The molecule has 1 fully saturated rings. The van der Waals surface area contributed by atoms with Crippen molar-refractivity contribution in [1.29, 1.82) is 0 Å². The maximum atomic E-state index is 11.5. The van der Waals surface area contributed by atoms with Gasteiger partial charge in [0.15, 0.2) is 0 Å². The molecule has 1 aliphatic heterocycles. The smallest absolute Gasteiger partial charge is 0.411 e. The number of non-ortho nitro benzene ring substituents is 1. The number of carbonyl (C=O) groups is 2. The highest BCUT2D eigenvalue weighted by Gasteiger charge is 2.52. The molecule has 3 rings (SSSR count). The molecular weight excluding hydrogens is 385 g/mol. The number of carboxylic acid groups (broad SMARTS) is 2. The molecule has 152 valence electrons. The Bertz CT molecular complexity index is 914. The van der Waals surface area contributed by atoms with Crippen LogP contribution in [0.2, 0.25) is 0 Å². The van der Waals surface area contributed by atoms with Gasteiger partial charge in [-0.25, -0.2) is 9.59 Å². The molecule has 1 saturated heterocycles. The molecule has 0 aliphatic carbocycles. The minimum Gasteiger partial charge on any atom is -0.535 e. The Morgan fingerprint density at radius 1 is 1.07 bits per heavy atom. The van der Waals surface area contributed by atoms with E-state index < -0.39 is 41.9 Å². The lowest BCUT2D eigenvalue weighted by Crippen LogP contribution is -2.54. The lowest BCUT2D eigenvalue weighted by molar-refractivity contribution is -0.384. The van der Waals surface area contributed by atoms with E-state index in [2.05, 4.69) is 0 Å². The van der Waals surface area contributed by atoms with Crippen LogP contribution in [0, 0.1) is 10.1 Å². The highest BCUT2D eigenvalue weighted by molar-refractivity contribution is 6.76. The van der Waals surface area contributed by atoms with Crippen molar-refractivity contribution in [2.75, 3.05) is 0 Å². The van der Waals surface area contributed by atoms with Gasteiger partial charge in [-0.15, -0.1) is 5.46 Å². The number of hydrogen-bond donors (Lipinski definition) is 2. The Kier molecular flexibility index (Phi) is 5.64. The lowest BCUT2D eigenvalue weighted by Gasteiger charge is -2.39. The zero-order chi connectivity index (χ0) is 21.2. The molecule has 0 aromatic heterocycles. The summed E-state index contributed by atoms with van der Waals surface area (Å²) in [6, 6.07) is 13.9. The summed E-state index contributed by atoms with van der Waals surface area (Å²) < 4.78 is 17.0. The maximum absolute atomic E-state index is 11.5. The summed E-state index contributed by atoms with van der Waals surface area (Å²) in [4.78, 5) is 33.6. The monoisotopic (exact) mass is 402 g/mol. The largest absolute Gasteiger partial charge is 0.535 e. The minimum atomic E-state index is -3.12. The summed E-state index contributed by atoms with van der Waals surface area (Å²) in [5.41, 5.74) is 0.409. The average molecular weight is 402 g/mol. The predicted molar refractivity (Wildman–Crippen MR) is 99.4 cm³/mol. The van der Waals surface area contributed by atoms with Crippen LogP contribution in [0.3, 0.4) is 0 Å². The molecule has 1 aliphatic rings. The van der Waals surface area contributed by atoms with E-state index in [1.807, 2.05) is 0 Å². The lowest BCUT2D eigenvalue weighted by atomic mass is 9.68. The second-order valence-electron chi connectivity index (χ2n) is 6.47. The van der Waals surface area contributed by atoms with Gasteiger partial charge in [0.2, 0.25) is 0 Å². The Morgan fingerprint density at radius 3 is 2.17 bits per heavy atom. The highest BCUT2D eigenvalue weighted by atomic mass is 16.8. The number of nitro benzene ring substituents is 1. The zero-order valence-corrected chi connectivity index (χ0v) is 15.2. The van der Waals surface area contributed by atoms with Crippen LogP contribution in [0.25, 0.3) is 0 Å². The third-order valence-corrected chi connectivity index (χ3v) is 4.55. The summed E-state index contributed by atoms with van der Waals surface area (Å²) in [6.45, 7) is -1.47. The van der Waals surface area contributed by atoms with E-state index >= 15 is 0 Å². The van der Waals surface area contributed by atoms with Crippen molar-refractivity contribution in [2.45, 2.75) is 25.2 Å². The van der Waals surface area contributed by atoms with Crippen molar-refractivity contribution in [3.63, 3.8) is 0 Å². The molecule has 29 heavy (non-hydrogen) atoms. The molecule has 1 heterocycles. The molecule has 2 N–H and O–H groups in total. The SMILES string of the molecule is C[C@@H](O[B-]1(c2cccc([N+](=O)[O-])c2)O[C@@H](C(=O)O)[C@H](C(=O)O)O1)c1ccccc1. The van der Waals surface area contributed by atoms with E-state index in [9.17, 15) is 29.9 Å². The van der Waals surface area contributed by atoms with Gasteiger partial charge >= 0.3 is 18.7 Å². The van der Waals surface area contributed by atoms with E-state index in [1.165, 1.54) is 18.2 Å². The third kappa shape index (κ3) is 4.11. The maximum Gasteiger partial charge on any atom is 0.411 e. The van der Waals surface area contributed by atoms with E-state index in [1.54, 1.807) is 37.3 Å². The highest BCUT2D eigenvalue weighted by Crippen LogP contribution is 2.32. The molecule has 3 atom stereocenters. The molecule has 0 saturated carbocycles. The standard InChI is InChI=1S/C18H17BNO9/c1-11(12-6-3-2-4-7-12)27-19(13-8-5-9-14(10-13)20(25)26)28-15(17(21)22)16(29-19)18(23)24/h2-11,15-16H,1H3,(H,21,22)(H,23,24)/q-1/t11-,15-,16-/m1/s1. The fourth-order valence-corrected chi connectivity index (χ4v) is 3.17. The van der Waals surface area contributed by atoms with Gasteiger partial charge in [0.25, 0.3) is 5.69 Å². The molecule has 2 aromatic carbocycles. The van der Waals surface area contributed by atoms with Crippen molar-refractivity contribution >= 4 is 29.8 Å². The van der Waals surface area contributed by atoms with Gasteiger partial charge in [0, 0.05) is 12.2 Å². The molecule has 2 aromatic rings. The predicted octanol–water partition coefficient (Wildman–Crippen LogP) is 1.47. The van der Waals surface area contributed by atoms with Crippen LogP contribution in [0.15, 0.2) is 54.6 Å². The molecule has 0 spiro atoms. The fourth-order valence-electron chi connectivity index (χ4n) is 3.17. The number of nitro groups is 1. The van der Waals surface area contributed by atoms with Crippen molar-refractivity contribution < 1.29 is 38.7 Å². The zero-order valence-electron chi connectivity index (χ0n) is 15.2. The Morgan fingerprint density at radius 2 is 1.66 bits per heavy atom. The van der Waals surface area contributed by atoms with Gasteiger partial charge in [-0.2, -0.15) is 0 Å². The summed E-state index contributed by atoms with van der Waals surface area (Å²) in [7, 11) is 0. The minimum absolute atomic E-state index is 0.0250. The van der Waals surface area contributed by atoms with Crippen LogP contribution in [0.5, 0.6) is 0 Å². The van der Waals surface area contributed by atoms with Gasteiger partial charge in [-0.05, 0) is 18.6 Å². The van der Waals surface area contributed by atoms with Gasteiger partial charge < -0.3 is 24.2 Å². The average Bonchev–Trinajstić information content (AvgIpc) is 3.10. The topological polar surface area (TPSA) is 145 Å². The number of nitrogens with zero attached hydrogens (tertiary/aromatic N) is 1. The number of hydrogen-bond acceptors (Lipinski definition) is 7. The Labute approximate surface area is 164 Å². The van der Waals surface area contributed by atoms with Crippen LogP contribution < -0.4 is 5.46 Å². The summed E-state index contributed by atoms with van der Waals surface area (Å²) in [5.74, 6) is -3.11. The number of aliphatic carboxylic acids is 2. The van der Waals surface area contributed by atoms with Crippen molar-refractivity contribution in [2.24, 2.45) is 0 Å². The van der Waals surface area contributed by atoms with Gasteiger partial charge in [0.05, 0.1) is 4.92 Å². The van der Waals surface area contributed by atoms with Crippen molar-refractivity contribution in [3.05, 3.63) is 70.3 Å². The molecule has 0 bridgehead atoms. The van der Waals surface area contributed by atoms with Crippen LogP contribution in [0.1, 0.15) is 18.6 Å². The number of benzene rings is 2. The fraction of sp³-hybridized carbons (Fsp3) is 0.222. The van der Waals surface area contributed by atoms with Crippen LogP contribution >= 0.6 is 0 Å². The first-order valence-corrected chi connectivity index (χ1v) is 8.66. The van der Waals surface area contributed by atoms with Crippen LogP contribution in [-0.4, -0.2) is 46.0 Å². The molecule has 11 heteroatoms. The quantitative estimate of drug-likeness (QED) is 0.399.